The summed E-state index contributed by atoms with van der Waals surface area (Å²) in [5, 5.41) is 0. The normalized spacial score (nSPS) is 42.1. The van der Waals surface area contributed by atoms with Crippen LogP contribution in [0.3, 0.4) is 0 Å². The van der Waals surface area contributed by atoms with Gasteiger partial charge in [-0.1, -0.05) is 19.9 Å². The lowest BCUT2D eigenvalue weighted by Gasteiger charge is -2.50. The zero-order valence-electron chi connectivity index (χ0n) is 18.2. The first-order valence-electron chi connectivity index (χ1n) is 10.6. The number of hydrogen-bond acceptors (Lipinski definition) is 6. The van der Waals surface area contributed by atoms with Gasteiger partial charge in [0.1, 0.15) is 6.10 Å². The van der Waals surface area contributed by atoms with Crippen LogP contribution >= 0.6 is 0 Å². The number of hydrogen-bond donors (Lipinski definition) is 0. The summed E-state index contributed by atoms with van der Waals surface area (Å²) >= 11 is 0. The van der Waals surface area contributed by atoms with Crippen molar-refractivity contribution >= 4 is 11.9 Å². The quantitative estimate of drug-likeness (QED) is 0.404. The Hall–Kier alpha value is -1.66. The van der Waals surface area contributed by atoms with Crippen molar-refractivity contribution < 1.29 is 28.5 Å². The summed E-state index contributed by atoms with van der Waals surface area (Å²) in [6.45, 7) is 9.61. The Bertz CT molecular complexity index is 780. The standard InChI is InChI=1S/C23H32O6/c1-7-12(2)19(25)28-17-10-15-20(26-6)29-21(27-13(3)24)14-8-9-18-22(4,5)16(17)11-23(14,15)18/h7,10,14,16-18,20-21H,8-9,11H2,1-6H3/b12-7-/t14-,16+,17-,18+,20-,21-,23+/m0/s1. The van der Waals surface area contributed by atoms with Gasteiger partial charge in [-0.3, -0.25) is 4.79 Å². The van der Waals surface area contributed by atoms with Gasteiger partial charge in [-0.25, -0.2) is 4.79 Å². The topological polar surface area (TPSA) is 71.1 Å². The summed E-state index contributed by atoms with van der Waals surface area (Å²) in [4.78, 5) is 24.2. The minimum Gasteiger partial charge on any atom is -0.454 e. The van der Waals surface area contributed by atoms with Crippen molar-refractivity contribution in [1.82, 2.24) is 0 Å². The van der Waals surface area contributed by atoms with Gasteiger partial charge in [-0.05, 0) is 56.1 Å². The molecule has 1 aliphatic heterocycles. The largest absolute Gasteiger partial charge is 0.454 e. The summed E-state index contributed by atoms with van der Waals surface area (Å²) < 4.78 is 23.4. The Labute approximate surface area is 172 Å². The average molecular weight is 405 g/mol. The molecule has 1 saturated heterocycles. The molecule has 7 atom stereocenters. The Balaban J connectivity index is 1.77. The molecular formula is C23H32O6. The Kier molecular flexibility index (Phi) is 4.94. The van der Waals surface area contributed by atoms with Gasteiger partial charge < -0.3 is 18.9 Å². The lowest BCUT2D eigenvalue weighted by Crippen LogP contribution is -2.53. The second kappa shape index (κ2) is 6.95. The van der Waals surface area contributed by atoms with Crippen LogP contribution in [0.15, 0.2) is 23.3 Å². The van der Waals surface area contributed by atoms with Crippen molar-refractivity contribution in [3.63, 3.8) is 0 Å². The van der Waals surface area contributed by atoms with Gasteiger partial charge in [0.15, 0.2) is 6.29 Å². The third-order valence-corrected chi connectivity index (χ3v) is 8.07. The summed E-state index contributed by atoms with van der Waals surface area (Å²) in [7, 11) is 1.61. The molecule has 2 saturated carbocycles. The molecule has 0 amide bonds. The van der Waals surface area contributed by atoms with Crippen molar-refractivity contribution in [3.8, 4) is 0 Å². The van der Waals surface area contributed by atoms with Crippen LogP contribution in [0, 0.1) is 28.6 Å². The lowest BCUT2D eigenvalue weighted by molar-refractivity contribution is -0.274. The minimum absolute atomic E-state index is 0.0157. The smallest absolute Gasteiger partial charge is 0.333 e. The molecule has 2 bridgehead atoms. The van der Waals surface area contributed by atoms with Crippen molar-refractivity contribution in [2.45, 2.75) is 72.6 Å². The van der Waals surface area contributed by atoms with E-state index >= 15 is 0 Å². The van der Waals surface area contributed by atoms with Crippen molar-refractivity contribution in [2.75, 3.05) is 7.11 Å². The van der Waals surface area contributed by atoms with E-state index in [1.54, 1.807) is 20.1 Å². The number of fused-ring (bicyclic) bond motifs is 1. The van der Waals surface area contributed by atoms with Gasteiger partial charge in [-0.15, -0.1) is 0 Å². The lowest BCUT2D eigenvalue weighted by atomic mass is 9.63. The maximum absolute atomic E-state index is 12.5. The molecule has 0 N–H and O–H groups in total. The van der Waals surface area contributed by atoms with E-state index in [9.17, 15) is 9.59 Å². The number of methoxy groups -OCH3 is 1. The molecule has 0 unspecified atom stereocenters. The van der Waals surface area contributed by atoms with Crippen molar-refractivity contribution in [2.24, 2.45) is 28.6 Å². The van der Waals surface area contributed by atoms with Gasteiger partial charge in [0, 0.05) is 36.9 Å². The number of allylic oxidation sites excluding steroid dienone is 1. The molecule has 0 radical (unpaired) electrons. The zero-order chi connectivity index (χ0) is 21.1. The molecule has 29 heavy (non-hydrogen) atoms. The second-order valence-electron chi connectivity index (χ2n) is 9.55. The molecule has 1 heterocycles. The first-order chi connectivity index (χ1) is 13.7. The number of carbonyl (C=O) groups is 2. The van der Waals surface area contributed by atoms with Crippen LogP contribution < -0.4 is 0 Å². The Morgan fingerprint density at radius 1 is 1.17 bits per heavy atom. The van der Waals surface area contributed by atoms with E-state index in [1.807, 2.05) is 6.92 Å². The molecule has 4 rings (SSSR count). The van der Waals surface area contributed by atoms with Crippen molar-refractivity contribution in [3.05, 3.63) is 23.3 Å². The van der Waals surface area contributed by atoms with E-state index in [4.69, 9.17) is 18.9 Å². The third-order valence-electron chi connectivity index (χ3n) is 8.07. The van der Waals surface area contributed by atoms with Crippen LogP contribution in [0.2, 0.25) is 0 Å². The van der Waals surface area contributed by atoms with E-state index in [0.717, 1.165) is 24.8 Å². The summed E-state index contributed by atoms with van der Waals surface area (Å²) in [5.74, 6) is 0.101. The van der Waals surface area contributed by atoms with Crippen LogP contribution in [0.5, 0.6) is 0 Å². The van der Waals surface area contributed by atoms with Gasteiger partial charge in [0.25, 0.3) is 0 Å². The van der Waals surface area contributed by atoms with Gasteiger partial charge in [0.2, 0.25) is 6.29 Å². The maximum atomic E-state index is 12.5. The first kappa shape index (κ1) is 20.6. The fourth-order valence-corrected chi connectivity index (χ4v) is 6.73. The van der Waals surface area contributed by atoms with E-state index < -0.39 is 12.6 Å². The minimum atomic E-state index is -0.602. The van der Waals surface area contributed by atoms with Crippen LogP contribution in [-0.4, -0.2) is 37.7 Å². The van der Waals surface area contributed by atoms with Crippen molar-refractivity contribution in [1.29, 1.82) is 0 Å². The highest BCUT2D eigenvalue weighted by Gasteiger charge is 2.72. The molecule has 160 valence electrons. The van der Waals surface area contributed by atoms with Crippen LogP contribution in [0.25, 0.3) is 0 Å². The highest BCUT2D eigenvalue weighted by Crippen LogP contribution is 2.74. The van der Waals surface area contributed by atoms with Gasteiger partial charge in [0.05, 0.1) is 0 Å². The first-order valence-corrected chi connectivity index (χ1v) is 10.6. The Morgan fingerprint density at radius 2 is 1.90 bits per heavy atom. The fourth-order valence-electron chi connectivity index (χ4n) is 6.73. The summed E-state index contributed by atoms with van der Waals surface area (Å²) in [6.07, 6.45) is 5.23. The average Bonchev–Trinajstić information content (AvgIpc) is 3.13. The van der Waals surface area contributed by atoms with Crippen LogP contribution in [0.1, 0.15) is 53.9 Å². The molecule has 4 aliphatic rings. The van der Waals surface area contributed by atoms with Crippen LogP contribution in [0.4, 0.5) is 0 Å². The molecule has 0 aromatic carbocycles. The number of esters is 2. The zero-order valence-corrected chi connectivity index (χ0v) is 18.2. The predicted octanol–water partition coefficient (Wildman–Crippen LogP) is 3.76. The molecule has 1 spiro atoms. The monoisotopic (exact) mass is 404 g/mol. The van der Waals surface area contributed by atoms with E-state index in [0.29, 0.717) is 11.5 Å². The number of carbonyl (C=O) groups excluding carboxylic acids is 2. The third kappa shape index (κ3) is 2.82. The van der Waals surface area contributed by atoms with Gasteiger partial charge >= 0.3 is 11.9 Å². The molecule has 0 aromatic rings. The highest BCUT2D eigenvalue weighted by atomic mass is 16.8. The van der Waals surface area contributed by atoms with E-state index in [2.05, 4.69) is 19.9 Å². The SMILES string of the molecule is C/C=C(/C)C(=O)O[C@H]1C=C2[C@@H](OC)O[C@H](OC(C)=O)[C@@H]3CC[C@@H]4C(C)(C)[C@@H]1C[C@@]243. The van der Waals surface area contributed by atoms with Crippen LogP contribution in [-0.2, 0) is 28.5 Å². The molecule has 3 fully saturated rings. The summed E-state index contributed by atoms with van der Waals surface area (Å²) in [5.41, 5.74) is 1.52. The summed E-state index contributed by atoms with van der Waals surface area (Å²) in [6, 6.07) is 0. The number of ether oxygens (including phenoxy) is 4. The molecule has 3 aliphatic carbocycles. The fraction of sp³-hybridized carbons (Fsp3) is 0.739. The van der Waals surface area contributed by atoms with E-state index in [-0.39, 0.29) is 40.7 Å². The molecular weight excluding hydrogens is 372 g/mol. The molecule has 6 heteroatoms. The Morgan fingerprint density at radius 3 is 2.52 bits per heavy atom. The van der Waals surface area contributed by atoms with E-state index in [1.165, 1.54) is 6.92 Å². The second-order valence-corrected chi connectivity index (χ2v) is 9.55. The molecule has 0 aromatic heterocycles. The van der Waals surface area contributed by atoms with Gasteiger partial charge in [-0.2, -0.15) is 0 Å². The predicted molar refractivity (Wildman–Crippen MR) is 105 cm³/mol. The molecule has 6 nitrogen and oxygen atoms in total. The maximum Gasteiger partial charge on any atom is 0.333 e. The highest BCUT2D eigenvalue weighted by molar-refractivity contribution is 5.87. The number of rotatable bonds is 4.